The second kappa shape index (κ2) is 7.48. The van der Waals surface area contributed by atoms with Crippen LogP contribution in [0.4, 0.5) is 4.39 Å². The van der Waals surface area contributed by atoms with E-state index >= 15 is 0 Å². The van der Waals surface area contributed by atoms with E-state index in [1.807, 2.05) is 0 Å². The van der Waals surface area contributed by atoms with Crippen LogP contribution < -0.4 is 0 Å². The third-order valence-electron chi connectivity index (χ3n) is 2.51. The second-order valence-corrected chi connectivity index (χ2v) is 3.89. The van der Waals surface area contributed by atoms with Crippen molar-refractivity contribution in [2.75, 3.05) is 27.3 Å². The maximum absolute atomic E-state index is 13.5. The number of ether oxygens (including phenoxy) is 2. The number of hydrogen-bond acceptors (Lipinski definition) is 5. The number of carbonyl (C=O) groups is 2. The molecule has 5 nitrogen and oxygen atoms in total. The van der Waals surface area contributed by atoms with Crippen molar-refractivity contribution in [3.63, 3.8) is 0 Å². The fraction of sp³-hybridized carbons (Fsp3) is 0.385. The van der Waals surface area contributed by atoms with Gasteiger partial charge in [-0.1, -0.05) is 18.2 Å². The number of carbonyl (C=O) groups excluding carboxylic acids is 2. The molecule has 0 spiro atoms. The van der Waals surface area contributed by atoms with E-state index in [-0.39, 0.29) is 25.5 Å². The van der Waals surface area contributed by atoms with Crippen molar-refractivity contribution in [1.29, 1.82) is 0 Å². The quantitative estimate of drug-likeness (QED) is 0.720. The van der Waals surface area contributed by atoms with Crippen LogP contribution >= 0.6 is 0 Å². The molecule has 19 heavy (non-hydrogen) atoms. The molecule has 0 unspecified atom stereocenters. The molecular weight excluding hydrogens is 253 g/mol. The van der Waals surface area contributed by atoms with Gasteiger partial charge in [-0.15, -0.1) is 0 Å². The van der Waals surface area contributed by atoms with Gasteiger partial charge >= 0.3 is 11.9 Å². The van der Waals surface area contributed by atoms with Gasteiger partial charge in [0.25, 0.3) is 0 Å². The number of halogens is 1. The van der Waals surface area contributed by atoms with Crippen LogP contribution in [0.2, 0.25) is 0 Å². The molecule has 0 aliphatic carbocycles. The van der Waals surface area contributed by atoms with Crippen LogP contribution in [-0.2, 0) is 25.6 Å². The zero-order valence-electron chi connectivity index (χ0n) is 10.9. The summed E-state index contributed by atoms with van der Waals surface area (Å²) in [6.45, 7) is -0.100. The number of methoxy groups -OCH3 is 2. The van der Waals surface area contributed by atoms with Crippen LogP contribution in [-0.4, -0.2) is 44.1 Å². The molecule has 6 heteroatoms. The van der Waals surface area contributed by atoms with Gasteiger partial charge in [0.1, 0.15) is 5.82 Å². The topological polar surface area (TPSA) is 55.8 Å². The summed E-state index contributed by atoms with van der Waals surface area (Å²) in [5.74, 6) is -1.39. The first-order valence-electron chi connectivity index (χ1n) is 5.66. The summed E-state index contributed by atoms with van der Waals surface area (Å²) in [7, 11) is 2.50. The van der Waals surface area contributed by atoms with Crippen LogP contribution in [0.15, 0.2) is 24.3 Å². The van der Waals surface area contributed by atoms with Gasteiger partial charge in [-0.2, -0.15) is 0 Å². The number of esters is 2. The molecule has 0 aliphatic heterocycles. The van der Waals surface area contributed by atoms with Crippen molar-refractivity contribution < 1.29 is 23.5 Å². The van der Waals surface area contributed by atoms with Crippen LogP contribution in [0.25, 0.3) is 0 Å². The van der Waals surface area contributed by atoms with Crippen molar-refractivity contribution in [3.8, 4) is 0 Å². The van der Waals surface area contributed by atoms with Gasteiger partial charge < -0.3 is 9.47 Å². The molecule has 104 valence electrons. The summed E-state index contributed by atoms with van der Waals surface area (Å²) in [6, 6.07) is 6.18. The molecule has 1 rings (SSSR count). The number of hydrogen-bond donors (Lipinski definition) is 0. The average Bonchev–Trinajstić information content (AvgIpc) is 2.40. The molecule has 0 saturated heterocycles. The van der Waals surface area contributed by atoms with Gasteiger partial charge in [-0.3, -0.25) is 14.5 Å². The van der Waals surface area contributed by atoms with Gasteiger partial charge in [0, 0.05) is 12.1 Å². The normalized spacial score (nSPS) is 10.3. The van der Waals surface area contributed by atoms with Crippen LogP contribution in [0.5, 0.6) is 0 Å². The molecule has 0 radical (unpaired) electrons. The molecule has 0 aromatic heterocycles. The zero-order chi connectivity index (χ0) is 14.3. The number of benzene rings is 1. The maximum atomic E-state index is 13.5. The average molecular weight is 269 g/mol. The highest BCUT2D eigenvalue weighted by atomic mass is 19.1. The fourth-order valence-electron chi connectivity index (χ4n) is 1.53. The number of rotatable bonds is 6. The maximum Gasteiger partial charge on any atom is 0.319 e. The predicted molar refractivity (Wildman–Crippen MR) is 65.7 cm³/mol. The highest BCUT2D eigenvalue weighted by Gasteiger charge is 2.17. The predicted octanol–water partition coefficient (Wildman–Crippen LogP) is 0.974. The van der Waals surface area contributed by atoms with E-state index in [1.165, 1.54) is 25.2 Å². The van der Waals surface area contributed by atoms with Crippen LogP contribution in [0.3, 0.4) is 0 Å². The minimum absolute atomic E-state index is 0.111. The summed E-state index contributed by atoms with van der Waals surface area (Å²) < 4.78 is 22.6. The number of nitrogens with zero attached hydrogens (tertiary/aromatic N) is 1. The Kier molecular flexibility index (Phi) is 5.95. The highest BCUT2D eigenvalue weighted by molar-refractivity contribution is 5.74. The monoisotopic (exact) mass is 269 g/mol. The largest absolute Gasteiger partial charge is 0.468 e. The van der Waals surface area contributed by atoms with E-state index in [9.17, 15) is 14.0 Å². The van der Waals surface area contributed by atoms with E-state index in [4.69, 9.17) is 0 Å². The van der Waals surface area contributed by atoms with E-state index in [1.54, 1.807) is 18.2 Å². The second-order valence-electron chi connectivity index (χ2n) is 3.89. The summed E-state index contributed by atoms with van der Waals surface area (Å²) in [5.41, 5.74) is 0.398. The van der Waals surface area contributed by atoms with Crippen molar-refractivity contribution in [3.05, 3.63) is 35.6 Å². The third-order valence-corrected chi connectivity index (χ3v) is 2.51. The Bertz CT molecular complexity index is 432. The standard InChI is InChI=1S/C13H16FNO4/c1-18-12(16)8-15(9-13(17)19-2)7-10-5-3-4-6-11(10)14/h3-6H,7-9H2,1-2H3. The van der Waals surface area contributed by atoms with Crippen molar-refractivity contribution >= 4 is 11.9 Å². The minimum Gasteiger partial charge on any atom is -0.468 e. The van der Waals surface area contributed by atoms with Gasteiger partial charge in [0.2, 0.25) is 0 Å². The minimum atomic E-state index is -0.500. The van der Waals surface area contributed by atoms with Crippen LogP contribution in [0.1, 0.15) is 5.56 Å². The first kappa shape index (κ1) is 15.1. The third kappa shape index (κ3) is 5.05. The first-order valence-corrected chi connectivity index (χ1v) is 5.66. The Morgan fingerprint density at radius 2 is 1.63 bits per heavy atom. The molecule has 0 bridgehead atoms. The lowest BCUT2D eigenvalue weighted by Crippen LogP contribution is -2.35. The molecule has 1 aromatic carbocycles. The Hall–Kier alpha value is -1.95. The highest BCUT2D eigenvalue weighted by Crippen LogP contribution is 2.10. The Labute approximate surface area is 110 Å². The van der Waals surface area contributed by atoms with Gasteiger partial charge in [-0.05, 0) is 6.07 Å². The molecule has 1 aromatic rings. The van der Waals surface area contributed by atoms with E-state index in [0.717, 1.165) is 0 Å². The SMILES string of the molecule is COC(=O)CN(CC(=O)OC)Cc1ccccc1F. The Morgan fingerprint density at radius 1 is 1.11 bits per heavy atom. The van der Waals surface area contributed by atoms with E-state index in [2.05, 4.69) is 9.47 Å². The van der Waals surface area contributed by atoms with Crippen molar-refractivity contribution in [2.24, 2.45) is 0 Å². The van der Waals surface area contributed by atoms with E-state index < -0.39 is 11.9 Å². The smallest absolute Gasteiger partial charge is 0.319 e. The van der Waals surface area contributed by atoms with Gasteiger partial charge in [0.15, 0.2) is 0 Å². The molecule has 0 amide bonds. The Balaban J connectivity index is 2.75. The van der Waals surface area contributed by atoms with Crippen molar-refractivity contribution in [1.82, 2.24) is 4.90 Å². The van der Waals surface area contributed by atoms with Crippen molar-refractivity contribution in [2.45, 2.75) is 6.54 Å². The summed E-state index contributed by atoms with van der Waals surface area (Å²) >= 11 is 0. The molecular formula is C13H16FNO4. The van der Waals surface area contributed by atoms with Crippen LogP contribution in [0, 0.1) is 5.82 Å². The Morgan fingerprint density at radius 3 is 2.11 bits per heavy atom. The summed E-state index contributed by atoms with van der Waals surface area (Å²) in [5, 5.41) is 0. The first-order chi connectivity index (χ1) is 9.06. The summed E-state index contributed by atoms with van der Waals surface area (Å²) in [6.07, 6.45) is 0. The summed E-state index contributed by atoms with van der Waals surface area (Å²) in [4.78, 5) is 24.0. The van der Waals surface area contributed by atoms with E-state index in [0.29, 0.717) is 5.56 Å². The molecule has 0 atom stereocenters. The van der Waals surface area contributed by atoms with Gasteiger partial charge in [-0.25, -0.2) is 4.39 Å². The molecule has 0 heterocycles. The molecule has 0 aliphatic rings. The molecule has 0 N–H and O–H groups in total. The lowest BCUT2D eigenvalue weighted by Gasteiger charge is -2.19. The fourth-order valence-corrected chi connectivity index (χ4v) is 1.53. The van der Waals surface area contributed by atoms with Gasteiger partial charge in [0.05, 0.1) is 27.3 Å². The lowest BCUT2D eigenvalue weighted by atomic mass is 10.2. The molecule has 0 fully saturated rings. The lowest BCUT2D eigenvalue weighted by molar-refractivity contribution is -0.145. The zero-order valence-corrected chi connectivity index (χ0v) is 10.9. The molecule has 0 saturated carbocycles.